The fourth-order valence-corrected chi connectivity index (χ4v) is 3.87. The number of nitrogens with zero attached hydrogens (tertiary/aromatic N) is 2. The van der Waals surface area contributed by atoms with Crippen molar-refractivity contribution in [1.29, 1.82) is 0 Å². The van der Waals surface area contributed by atoms with Crippen molar-refractivity contribution in [1.82, 2.24) is 15.3 Å². The highest BCUT2D eigenvalue weighted by Gasteiger charge is 2.29. The van der Waals surface area contributed by atoms with E-state index in [9.17, 15) is 24.2 Å². The second-order valence-electron chi connectivity index (χ2n) is 9.41. The quantitative estimate of drug-likeness (QED) is 0.331. The number of carbonyl (C=O) groups is 2. The lowest BCUT2D eigenvalue weighted by Crippen LogP contribution is -2.46. The topological polar surface area (TPSA) is 138 Å². The molecule has 0 aliphatic heterocycles. The molecule has 2 aromatic carbocycles. The zero-order valence-corrected chi connectivity index (χ0v) is 19.8. The summed E-state index contributed by atoms with van der Waals surface area (Å²) in [6, 6.07) is 12.1. The number of aliphatic hydroxyl groups excluding tert-OH is 1. The van der Waals surface area contributed by atoms with Crippen molar-refractivity contribution in [3.05, 3.63) is 71.8 Å². The summed E-state index contributed by atoms with van der Waals surface area (Å²) in [5, 5.41) is 23.8. The maximum absolute atomic E-state index is 13.8. The Morgan fingerprint density at radius 1 is 1.14 bits per heavy atom. The van der Waals surface area contributed by atoms with Crippen LogP contribution in [0, 0.1) is 11.7 Å². The van der Waals surface area contributed by atoms with Gasteiger partial charge in [0.1, 0.15) is 11.5 Å². The molecule has 1 unspecified atom stereocenters. The van der Waals surface area contributed by atoms with E-state index >= 15 is 0 Å². The Balaban J connectivity index is 1.81. The molecule has 2 amide bonds. The van der Waals surface area contributed by atoms with Crippen LogP contribution < -0.4 is 11.1 Å². The molecule has 3 aromatic rings. The summed E-state index contributed by atoms with van der Waals surface area (Å²) in [6.45, 7) is 3.25. The number of rotatable bonds is 11. The number of hydrogen-bond acceptors (Lipinski definition) is 6. The van der Waals surface area contributed by atoms with E-state index in [0.717, 1.165) is 0 Å². The number of hydrogen-bond donors (Lipinski definition) is 4. The number of nitrogens with one attached hydrogen (secondary N) is 1. The number of fused-ring (bicyclic) bond motifs is 1. The van der Waals surface area contributed by atoms with Gasteiger partial charge in [-0.1, -0.05) is 24.3 Å². The zero-order chi connectivity index (χ0) is 25.6. The first-order valence-electron chi connectivity index (χ1n) is 11.5. The molecular formula is C26H31FN4O4. The van der Waals surface area contributed by atoms with Gasteiger partial charge in [-0.2, -0.15) is 0 Å². The van der Waals surface area contributed by atoms with Crippen molar-refractivity contribution in [2.45, 2.75) is 57.3 Å². The number of benzene rings is 2. The van der Waals surface area contributed by atoms with Gasteiger partial charge in [0.25, 0.3) is 5.91 Å². The zero-order valence-electron chi connectivity index (χ0n) is 19.8. The van der Waals surface area contributed by atoms with Crippen LogP contribution in [0.3, 0.4) is 0 Å². The number of halogens is 1. The van der Waals surface area contributed by atoms with Crippen LogP contribution in [0.4, 0.5) is 4.39 Å². The third-order valence-electron chi connectivity index (χ3n) is 5.84. The van der Waals surface area contributed by atoms with Gasteiger partial charge < -0.3 is 21.3 Å². The maximum atomic E-state index is 13.8. The summed E-state index contributed by atoms with van der Waals surface area (Å²) in [7, 11) is 0. The predicted molar refractivity (Wildman–Crippen MR) is 130 cm³/mol. The van der Waals surface area contributed by atoms with E-state index in [4.69, 9.17) is 5.73 Å². The third kappa shape index (κ3) is 7.80. The van der Waals surface area contributed by atoms with Gasteiger partial charge in [0.05, 0.1) is 35.0 Å². The molecule has 35 heavy (non-hydrogen) atoms. The second kappa shape index (κ2) is 11.3. The minimum Gasteiger partial charge on any atom is -0.391 e. The van der Waals surface area contributed by atoms with Crippen LogP contribution in [0.15, 0.2) is 54.7 Å². The van der Waals surface area contributed by atoms with Crippen molar-refractivity contribution < 1.29 is 24.2 Å². The number of aliphatic hydroxyl groups is 2. The molecule has 0 saturated heterocycles. The summed E-state index contributed by atoms with van der Waals surface area (Å²) in [4.78, 5) is 33.6. The minimum atomic E-state index is -1.17. The van der Waals surface area contributed by atoms with Crippen molar-refractivity contribution in [2.75, 3.05) is 0 Å². The van der Waals surface area contributed by atoms with Crippen LogP contribution >= 0.6 is 0 Å². The molecule has 1 aromatic heterocycles. The highest BCUT2D eigenvalue weighted by atomic mass is 19.1. The van der Waals surface area contributed by atoms with Crippen LogP contribution in [0.2, 0.25) is 0 Å². The molecule has 0 saturated carbocycles. The van der Waals surface area contributed by atoms with Gasteiger partial charge in [-0.05, 0) is 69.4 Å². The van der Waals surface area contributed by atoms with Gasteiger partial charge in [-0.25, -0.2) is 9.37 Å². The van der Waals surface area contributed by atoms with Gasteiger partial charge in [-0.3, -0.25) is 14.6 Å². The van der Waals surface area contributed by atoms with E-state index in [1.165, 1.54) is 18.3 Å². The van der Waals surface area contributed by atoms with Gasteiger partial charge in [0.15, 0.2) is 0 Å². The third-order valence-corrected chi connectivity index (χ3v) is 5.84. The summed E-state index contributed by atoms with van der Waals surface area (Å²) < 4.78 is 13.8. The van der Waals surface area contributed by atoms with Gasteiger partial charge in [0.2, 0.25) is 5.91 Å². The predicted octanol–water partition coefficient (Wildman–Crippen LogP) is 2.51. The van der Waals surface area contributed by atoms with Crippen LogP contribution in [0.25, 0.3) is 11.0 Å². The average Bonchev–Trinajstić information content (AvgIpc) is 2.80. The maximum Gasteiger partial charge on any atom is 0.271 e. The molecule has 0 fully saturated rings. The van der Waals surface area contributed by atoms with E-state index in [1.807, 2.05) is 6.07 Å². The number of primary amides is 1. The molecule has 3 atom stereocenters. The fourth-order valence-electron chi connectivity index (χ4n) is 3.87. The molecule has 0 radical (unpaired) electrons. The lowest BCUT2D eigenvalue weighted by Gasteiger charge is -2.28. The lowest BCUT2D eigenvalue weighted by molar-refractivity contribution is -0.123. The van der Waals surface area contributed by atoms with E-state index in [1.54, 1.807) is 44.2 Å². The van der Waals surface area contributed by atoms with Crippen LogP contribution in [-0.2, 0) is 11.2 Å². The molecule has 0 bridgehead atoms. The summed E-state index contributed by atoms with van der Waals surface area (Å²) >= 11 is 0. The van der Waals surface area contributed by atoms with E-state index in [2.05, 4.69) is 15.3 Å². The largest absolute Gasteiger partial charge is 0.391 e. The van der Waals surface area contributed by atoms with Crippen molar-refractivity contribution in [3.8, 4) is 0 Å². The molecule has 0 spiro atoms. The van der Waals surface area contributed by atoms with Crippen molar-refractivity contribution in [3.63, 3.8) is 0 Å². The van der Waals surface area contributed by atoms with Gasteiger partial charge in [0, 0.05) is 5.92 Å². The smallest absolute Gasteiger partial charge is 0.271 e. The first-order valence-corrected chi connectivity index (χ1v) is 11.5. The fraction of sp³-hybridized carbons (Fsp3) is 0.385. The molecular weight excluding hydrogens is 451 g/mol. The van der Waals surface area contributed by atoms with Crippen molar-refractivity contribution in [2.24, 2.45) is 11.7 Å². The molecule has 186 valence electrons. The van der Waals surface area contributed by atoms with Crippen molar-refractivity contribution >= 4 is 22.8 Å². The summed E-state index contributed by atoms with van der Waals surface area (Å²) in [6.07, 6.45) is 0.833. The molecule has 0 aliphatic carbocycles. The normalized spacial score (nSPS) is 14.3. The Bertz CT molecular complexity index is 1180. The average molecular weight is 483 g/mol. The Hall–Kier alpha value is -3.43. The number of carbonyl (C=O) groups excluding carboxylic acids is 2. The van der Waals surface area contributed by atoms with Gasteiger partial charge >= 0.3 is 0 Å². The molecule has 1 heterocycles. The molecule has 9 heteroatoms. The first kappa shape index (κ1) is 26.2. The molecule has 3 rings (SSSR count). The molecule has 0 aliphatic rings. The Labute approximate surface area is 203 Å². The first-order chi connectivity index (χ1) is 16.5. The number of aromatic nitrogens is 2. The Morgan fingerprint density at radius 3 is 2.51 bits per heavy atom. The number of para-hydroxylation sites is 2. The van der Waals surface area contributed by atoms with E-state index in [-0.39, 0.29) is 25.0 Å². The van der Waals surface area contributed by atoms with Crippen LogP contribution in [-0.4, -0.2) is 49.7 Å². The highest BCUT2D eigenvalue weighted by molar-refractivity contribution is 5.94. The van der Waals surface area contributed by atoms with Crippen LogP contribution in [0.1, 0.15) is 49.2 Å². The molecule has 8 nitrogen and oxygen atoms in total. The lowest BCUT2D eigenvalue weighted by atomic mass is 9.87. The summed E-state index contributed by atoms with van der Waals surface area (Å²) in [5.74, 6) is -2.33. The van der Waals surface area contributed by atoms with E-state index in [0.29, 0.717) is 23.0 Å². The number of nitrogens with two attached hydrogens (primary N) is 1. The Kier molecular flexibility index (Phi) is 8.48. The SMILES string of the molecule is CC(C)(O)CCC(C[C@@H](O)[C@@H](Cc1cccc(F)c1)NC(=O)c1cnc2ccccc2n1)C(N)=O. The highest BCUT2D eigenvalue weighted by Crippen LogP contribution is 2.22. The molecule has 5 N–H and O–H groups in total. The monoisotopic (exact) mass is 482 g/mol. The van der Waals surface area contributed by atoms with Gasteiger partial charge in [-0.15, -0.1) is 0 Å². The minimum absolute atomic E-state index is 0.0327. The second-order valence-corrected chi connectivity index (χ2v) is 9.41. The van der Waals surface area contributed by atoms with E-state index < -0.39 is 41.3 Å². The standard InChI is InChI=1S/C26H31FN4O4/c1-26(2,35)11-10-17(24(28)33)14-23(32)21(13-16-6-5-7-18(27)12-16)31-25(34)22-15-29-19-8-3-4-9-20(19)30-22/h3-9,12,15,17,21,23,32,35H,10-11,13-14H2,1-2H3,(H2,28,33)(H,31,34)/t17?,21-,23-/m1/s1. The number of amides is 2. The van der Waals surface area contributed by atoms with Crippen LogP contribution in [0.5, 0.6) is 0 Å². The summed E-state index contributed by atoms with van der Waals surface area (Å²) in [5.41, 5.74) is 6.35. The Morgan fingerprint density at radius 2 is 1.86 bits per heavy atom.